The Balaban J connectivity index is 1.55. The molecule has 2 fully saturated rings. The molecule has 2 saturated heterocycles. The molecule has 2 aliphatic heterocycles. The fourth-order valence-electron chi connectivity index (χ4n) is 4.64. The molecule has 0 aromatic heterocycles. The molecule has 1 aromatic carbocycles. The third-order valence-electron chi connectivity index (χ3n) is 5.93. The Morgan fingerprint density at radius 1 is 1.38 bits per heavy atom. The second kappa shape index (κ2) is 6.04. The molecule has 1 spiro atoms. The van der Waals surface area contributed by atoms with Crippen LogP contribution in [0.25, 0.3) is 0 Å². The Kier molecular flexibility index (Phi) is 4.06. The molecule has 2 atom stereocenters. The van der Waals surface area contributed by atoms with E-state index >= 15 is 0 Å². The predicted molar refractivity (Wildman–Crippen MR) is 94.3 cm³/mol. The van der Waals surface area contributed by atoms with Crippen molar-refractivity contribution in [1.29, 1.82) is 5.41 Å². The number of nitrogens with one attached hydrogen (secondary N) is 2. The van der Waals surface area contributed by atoms with Crippen molar-refractivity contribution in [2.45, 2.75) is 50.4 Å². The summed E-state index contributed by atoms with van der Waals surface area (Å²) < 4.78 is 11.3. The maximum absolute atomic E-state index is 12.9. The van der Waals surface area contributed by atoms with Crippen LogP contribution in [-0.2, 0) is 26.1 Å². The standard InChI is InChI=1S/C19H25N3O4/c1-18(2)25-10-15(26-18)17(23)22-9-8-19(11-22)7-6-12-13(16(20)21-24)4-3-5-14(12)19/h3-5,15,24H,6-11H2,1-2H3,(H2,20,21)/t15-,19?/m1/s1. The van der Waals surface area contributed by atoms with E-state index in [1.165, 1.54) is 5.56 Å². The highest BCUT2D eigenvalue weighted by atomic mass is 16.7. The van der Waals surface area contributed by atoms with E-state index in [9.17, 15) is 4.79 Å². The average Bonchev–Trinajstić information content (AvgIpc) is 3.32. The molecule has 140 valence electrons. The van der Waals surface area contributed by atoms with Crippen LogP contribution in [0.5, 0.6) is 0 Å². The number of fused-ring (bicyclic) bond motifs is 2. The molecule has 1 aliphatic carbocycles. The van der Waals surface area contributed by atoms with E-state index in [1.807, 2.05) is 36.4 Å². The van der Waals surface area contributed by atoms with Crippen LogP contribution in [0, 0.1) is 5.41 Å². The van der Waals surface area contributed by atoms with Gasteiger partial charge in [-0.05, 0) is 44.2 Å². The summed E-state index contributed by atoms with van der Waals surface area (Å²) in [6.45, 7) is 5.33. The average molecular weight is 359 g/mol. The van der Waals surface area contributed by atoms with Crippen LogP contribution in [0.3, 0.4) is 0 Å². The molecule has 0 saturated carbocycles. The first-order valence-electron chi connectivity index (χ1n) is 9.07. The summed E-state index contributed by atoms with van der Waals surface area (Å²) >= 11 is 0. The Morgan fingerprint density at radius 2 is 2.19 bits per heavy atom. The number of benzene rings is 1. The van der Waals surface area contributed by atoms with Crippen LogP contribution in [0.2, 0.25) is 0 Å². The van der Waals surface area contributed by atoms with Gasteiger partial charge in [0.25, 0.3) is 5.91 Å². The van der Waals surface area contributed by atoms with Gasteiger partial charge in [-0.25, -0.2) is 0 Å². The summed E-state index contributed by atoms with van der Waals surface area (Å²) in [6.07, 6.45) is 2.19. The second-order valence-corrected chi connectivity index (χ2v) is 7.93. The number of rotatable bonds is 2. The quantitative estimate of drug-likeness (QED) is 0.423. The highest BCUT2D eigenvalue weighted by Crippen LogP contribution is 2.46. The molecule has 1 aromatic rings. The predicted octanol–water partition coefficient (Wildman–Crippen LogP) is 1.56. The normalized spacial score (nSPS) is 29.2. The molecule has 2 heterocycles. The zero-order valence-corrected chi connectivity index (χ0v) is 15.2. The van der Waals surface area contributed by atoms with E-state index in [2.05, 4.69) is 6.07 Å². The number of amides is 1. The monoisotopic (exact) mass is 359 g/mol. The highest BCUT2D eigenvalue weighted by molar-refractivity contribution is 5.97. The molecule has 7 nitrogen and oxygen atoms in total. The van der Waals surface area contributed by atoms with Crippen molar-refractivity contribution < 1.29 is 19.5 Å². The van der Waals surface area contributed by atoms with Crippen LogP contribution in [0.4, 0.5) is 0 Å². The molecule has 7 heteroatoms. The zero-order chi connectivity index (χ0) is 18.5. The lowest BCUT2D eigenvalue weighted by Gasteiger charge is -2.27. The molecular weight excluding hydrogens is 334 g/mol. The fourth-order valence-corrected chi connectivity index (χ4v) is 4.64. The fraction of sp³-hybridized carbons (Fsp3) is 0.579. The van der Waals surface area contributed by atoms with Gasteiger partial charge < -0.3 is 14.4 Å². The van der Waals surface area contributed by atoms with Gasteiger partial charge in [0.05, 0.1) is 6.61 Å². The molecule has 26 heavy (non-hydrogen) atoms. The van der Waals surface area contributed by atoms with Crippen molar-refractivity contribution in [1.82, 2.24) is 10.4 Å². The SMILES string of the molecule is CC1(C)OC[C@H](C(=O)N2CCC3(CCc4c(C(=N)NO)cccc43)C2)O1. The number of carbonyl (C=O) groups is 1. The number of hydrogen-bond donors (Lipinski definition) is 3. The van der Waals surface area contributed by atoms with Gasteiger partial charge in [-0.1, -0.05) is 18.2 Å². The number of hydrogen-bond acceptors (Lipinski definition) is 5. The van der Waals surface area contributed by atoms with E-state index in [0.29, 0.717) is 19.7 Å². The number of ether oxygens (including phenoxy) is 2. The molecular formula is C19H25N3O4. The third-order valence-corrected chi connectivity index (χ3v) is 5.93. The van der Waals surface area contributed by atoms with Crippen molar-refractivity contribution >= 4 is 11.7 Å². The smallest absolute Gasteiger partial charge is 0.254 e. The Labute approximate surface area is 152 Å². The minimum absolute atomic E-state index is 0.00169. The van der Waals surface area contributed by atoms with Crippen LogP contribution in [-0.4, -0.2) is 53.4 Å². The van der Waals surface area contributed by atoms with Gasteiger partial charge in [-0.15, -0.1) is 0 Å². The van der Waals surface area contributed by atoms with Gasteiger partial charge in [0.1, 0.15) is 5.84 Å². The van der Waals surface area contributed by atoms with E-state index in [-0.39, 0.29) is 17.2 Å². The second-order valence-electron chi connectivity index (χ2n) is 7.93. The largest absolute Gasteiger partial charge is 0.347 e. The first kappa shape index (κ1) is 17.5. The van der Waals surface area contributed by atoms with Crippen LogP contribution >= 0.6 is 0 Å². The van der Waals surface area contributed by atoms with Gasteiger partial charge >= 0.3 is 0 Å². The Hall–Kier alpha value is -1.96. The summed E-state index contributed by atoms with van der Waals surface area (Å²) in [5, 5.41) is 17.0. The third kappa shape index (κ3) is 2.71. The minimum Gasteiger partial charge on any atom is -0.347 e. The number of hydroxylamine groups is 1. The maximum Gasteiger partial charge on any atom is 0.254 e. The lowest BCUT2D eigenvalue weighted by molar-refractivity contribution is -0.159. The van der Waals surface area contributed by atoms with Gasteiger partial charge in [0.15, 0.2) is 11.9 Å². The van der Waals surface area contributed by atoms with E-state index in [1.54, 1.807) is 0 Å². The van der Waals surface area contributed by atoms with E-state index < -0.39 is 11.9 Å². The highest BCUT2D eigenvalue weighted by Gasteiger charge is 2.48. The zero-order valence-electron chi connectivity index (χ0n) is 15.2. The number of nitrogens with zero attached hydrogens (tertiary/aromatic N) is 1. The first-order valence-corrected chi connectivity index (χ1v) is 9.07. The summed E-state index contributed by atoms with van der Waals surface area (Å²) in [4.78, 5) is 14.7. The van der Waals surface area contributed by atoms with Crippen LogP contribution in [0.15, 0.2) is 18.2 Å². The summed E-state index contributed by atoms with van der Waals surface area (Å²) in [5.41, 5.74) is 4.93. The van der Waals surface area contributed by atoms with Gasteiger partial charge in [0, 0.05) is 24.1 Å². The van der Waals surface area contributed by atoms with Crippen molar-refractivity contribution in [3.8, 4) is 0 Å². The van der Waals surface area contributed by atoms with Crippen LogP contribution in [0.1, 0.15) is 43.4 Å². The van der Waals surface area contributed by atoms with Crippen molar-refractivity contribution in [2.75, 3.05) is 19.7 Å². The van der Waals surface area contributed by atoms with Crippen molar-refractivity contribution in [2.24, 2.45) is 0 Å². The topological polar surface area (TPSA) is 94.9 Å². The molecule has 3 N–H and O–H groups in total. The lowest BCUT2D eigenvalue weighted by atomic mass is 9.81. The minimum atomic E-state index is -0.704. The number of amidine groups is 1. The first-order chi connectivity index (χ1) is 12.4. The van der Waals surface area contributed by atoms with Gasteiger partial charge in [-0.3, -0.25) is 20.9 Å². The Bertz CT molecular complexity index is 763. The van der Waals surface area contributed by atoms with Crippen molar-refractivity contribution in [3.63, 3.8) is 0 Å². The van der Waals surface area contributed by atoms with Crippen LogP contribution < -0.4 is 5.48 Å². The molecule has 0 bridgehead atoms. The summed E-state index contributed by atoms with van der Waals surface area (Å²) in [7, 11) is 0. The lowest BCUT2D eigenvalue weighted by Crippen LogP contribution is -2.41. The van der Waals surface area contributed by atoms with E-state index in [0.717, 1.165) is 30.4 Å². The maximum atomic E-state index is 12.9. The number of likely N-dealkylation sites (tertiary alicyclic amines) is 1. The number of carbonyl (C=O) groups excluding carboxylic acids is 1. The molecule has 1 amide bonds. The van der Waals surface area contributed by atoms with Crippen molar-refractivity contribution in [3.05, 3.63) is 34.9 Å². The molecule has 0 radical (unpaired) electrons. The van der Waals surface area contributed by atoms with Gasteiger partial charge in [0.2, 0.25) is 0 Å². The molecule has 1 unspecified atom stereocenters. The Morgan fingerprint density at radius 3 is 2.88 bits per heavy atom. The van der Waals surface area contributed by atoms with Gasteiger partial charge in [-0.2, -0.15) is 0 Å². The molecule has 4 rings (SSSR count). The summed E-state index contributed by atoms with van der Waals surface area (Å²) in [5.74, 6) is -0.685. The van der Waals surface area contributed by atoms with E-state index in [4.69, 9.17) is 20.1 Å². The molecule has 3 aliphatic rings. The summed E-state index contributed by atoms with van der Waals surface area (Å²) in [6, 6.07) is 5.88.